The van der Waals surface area contributed by atoms with Gasteiger partial charge >= 0.3 is 0 Å². The smallest absolute Gasteiger partial charge is 0.254 e. The van der Waals surface area contributed by atoms with Crippen LogP contribution in [0.5, 0.6) is 0 Å². The molecule has 0 aliphatic carbocycles. The second-order valence-corrected chi connectivity index (χ2v) is 3.58. The summed E-state index contributed by atoms with van der Waals surface area (Å²) in [5.74, 6) is 0. The molecule has 0 saturated carbocycles. The molecule has 1 heterocycles. The molecular formula is C11H10N2OS. The summed E-state index contributed by atoms with van der Waals surface area (Å²) in [6.45, 7) is 0.510. The van der Waals surface area contributed by atoms with Crippen LogP contribution in [0.1, 0.15) is 5.56 Å². The number of H-pyrrole nitrogens is 1. The fraction of sp³-hybridized carbons (Fsp3) is 0.0909. The number of benzene rings is 1. The molecule has 3 nitrogen and oxygen atoms in total. The molecule has 0 amide bonds. The molecule has 1 N–H and O–H groups in total. The molecule has 0 unspecified atom stereocenters. The maximum Gasteiger partial charge on any atom is 0.254 e. The van der Waals surface area contributed by atoms with Gasteiger partial charge in [0.1, 0.15) is 0 Å². The molecule has 2 aromatic rings. The minimum absolute atomic E-state index is 0.0809. The molecule has 0 bridgehead atoms. The lowest BCUT2D eigenvalue weighted by Gasteiger charge is -2.04. The van der Waals surface area contributed by atoms with Crippen molar-refractivity contribution in [2.45, 2.75) is 6.54 Å². The summed E-state index contributed by atoms with van der Waals surface area (Å²) in [4.78, 5) is 14.4. The predicted octanol–water partition coefficient (Wildman–Crippen LogP) is 1.95. The molecule has 4 heteroatoms. The summed E-state index contributed by atoms with van der Waals surface area (Å²) in [6.07, 6.45) is 1.56. The highest BCUT2D eigenvalue weighted by Crippen LogP contribution is 2.00. The second-order valence-electron chi connectivity index (χ2n) is 3.19. The van der Waals surface area contributed by atoms with Gasteiger partial charge in [0, 0.05) is 12.3 Å². The van der Waals surface area contributed by atoms with Crippen LogP contribution in [-0.4, -0.2) is 9.55 Å². The van der Waals surface area contributed by atoms with E-state index < -0.39 is 0 Å². The van der Waals surface area contributed by atoms with E-state index in [4.69, 9.17) is 12.2 Å². The van der Waals surface area contributed by atoms with Gasteiger partial charge in [-0.2, -0.15) is 0 Å². The zero-order chi connectivity index (χ0) is 10.7. The van der Waals surface area contributed by atoms with Crippen LogP contribution in [0.3, 0.4) is 0 Å². The highest BCUT2D eigenvalue weighted by Gasteiger charge is 1.98. The summed E-state index contributed by atoms with van der Waals surface area (Å²) < 4.78 is 1.98. The van der Waals surface area contributed by atoms with Gasteiger partial charge in [0.2, 0.25) is 0 Å². The molecule has 0 atom stereocenters. The van der Waals surface area contributed by atoms with Crippen LogP contribution in [0.15, 0.2) is 47.4 Å². The quantitative estimate of drug-likeness (QED) is 0.782. The third kappa shape index (κ3) is 2.22. The van der Waals surface area contributed by atoms with Gasteiger partial charge < -0.3 is 4.98 Å². The van der Waals surface area contributed by atoms with Crippen LogP contribution in [0.25, 0.3) is 0 Å². The number of nitrogens with one attached hydrogen (secondary N) is 1. The van der Waals surface area contributed by atoms with Crippen molar-refractivity contribution >= 4 is 12.2 Å². The van der Waals surface area contributed by atoms with E-state index in [0.29, 0.717) is 11.3 Å². The van der Waals surface area contributed by atoms with Crippen LogP contribution < -0.4 is 5.56 Å². The van der Waals surface area contributed by atoms with Gasteiger partial charge in [-0.25, -0.2) is 0 Å². The number of nitrogens with zero attached hydrogens (tertiary/aromatic N) is 1. The van der Waals surface area contributed by atoms with Crippen molar-refractivity contribution in [3.63, 3.8) is 0 Å². The minimum atomic E-state index is -0.0809. The lowest BCUT2D eigenvalue weighted by atomic mass is 10.2. The van der Waals surface area contributed by atoms with E-state index >= 15 is 0 Å². The number of rotatable bonds is 2. The van der Waals surface area contributed by atoms with Crippen molar-refractivity contribution in [2.24, 2.45) is 0 Å². The minimum Gasteiger partial charge on any atom is -0.339 e. The summed E-state index contributed by atoms with van der Waals surface area (Å²) in [5.41, 5.74) is 0.980. The van der Waals surface area contributed by atoms with E-state index in [-0.39, 0.29) is 5.56 Å². The Hall–Kier alpha value is -1.68. The third-order valence-electron chi connectivity index (χ3n) is 2.13. The van der Waals surface area contributed by atoms with Crippen LogP contribution in [-0.2, 0) is 6.54 Å². The standard InChI is InChI=1S/C11H10N2OS/c14-10-6-7-12-11(15)13(10)8-9-4-2-1-3-5-9/h1-7H,8H2,(H,12,15). The van der Waals surface area contributed by atoms with E-state index in [9.17, 15) is 4.79 Å². The van der Waals surface area contributed by atoms with E-state index in [2.05, 4.69) is 4.98 Å². The molecule has 2 rings (SSSR count). The molecule has 0 saturated heterocycles. The molecule has 15 heavy (non-hydrogen) atoms. The molecule has 0 aliphatic heterocycles. The van der Waals surface area contributed by atoms with Crippen LogP contribution in [0.2, 0.25) is 0 Å². The fourth-order valence-electron chi connectivity index (χ4n) is 1.37. The zero-order valence-electron chi connectivity index (χ0n) is 8.01. The molecule has 0 radical (unpaired) electrons. The number of aromatic nitrogens is 2. The fourth-order valence-corrected chi connectivity index (χ4v) is 1.59. The Bertz CT molecular complexity index is 528. The first-order chi connectivity index (χ1) is 7.27. The first kappa shape index (κ1) is 9.86. The topological polar surface area (TPSA) is 37.8 Å². The maximum atomic E-state index is 11.5. The van der Waals surface area contributed by atoms with Crippen LogP contribution in [0.4, 0.5) is 0 Å². The molecule has 0 fully saturated rings. The van der Waals surface area contributed by atoms with Crippen molar-refractivity contribution in [1.29, 1.82) is 0 Å². The molecule has 1 aromatic heterocycles. The highest BCUT2D eigenvalue weighted by atomic mass is 32.1. The number of hydrogen-bond acceptors (Lipinski definition) is 2. The van der Waals surface area contributed by atoms with Crippen molar-refractivity contribution in [3.8, 4) is 0 Å². The van der Waals surface area contributed by atoms with Gasteiger partial charge in [-0.15, -0.1) is 0 Å². The molecule has 76 valence electrons. The van der Waals surface area contributed by atoms with Gasteiger partial charge in [-0.1, -0.05) is 30.3 Å². The molecule has 1 aromatic carbocycles. The van der Waals surface area contributed by atoms with Gasteiger partial charge in [0.05, 0.1) is 6.54 Å². The Morgan fingerprint density at radius 1 is 1.20 bits per heavy atom. The average molecular weight is 218 g/mol. The summed E-state index contributed by atoms with van der Waals surface area (Å²) >= 11 is 5.05. The Morgan fingerprint density at radius 3 is 2.60 bits per heavy atom. The van der Waals surface area contributed by atoms with Gasteiger partial charge in [0.25, 0.3) is 5.56 Å². The summed E-state index contributed by atoms with van der Waals surface area (Å²) in [6, 6.07) is 11.2. The van der Waals surface area contributed by atoms with Gasteiger partial charge in [-0.05, 0) is 17.8 Å². The predicted molar refractivity (Wildman–Crippen MR) is 61.4 cm³/mol. The van der Waals surface area contributed by atoms with Crippen LogP contribution in [0, 0.1) is 4.77 Å². The Balaban J connectivity index is 2.41. The van der Waals surface area contributed by atoms with Crippen LogP contribution >= 0.6 is 12.2 Å². The molecule has 0 spiro atoms. The summed E-state index contributed by atoms with van der Waals surface area (Å²) in [7, 11) is 0. The van der Waals surface area contributed by atoms with Gasteiger partial charge in [-0.3, -0.25) is 9.36 Å². The zero-order valence-corrected chi connectivity index (χ0v) is 8.83. The first-order valence-electron chi connectivity index (χ1n) is 4.60. The Kier molecular flexibility index (Phi) is 2.78. The average Bonchev–Trinajstić information content (AvgIpc) is 2.25. The van der Waals surface area contributed by atoms with E-state index in [0.717, 1.165) is 5.56 Å². The van der Waals surface area contributed by atoms with E-state index in [1.807, 2.05) is 30.3 Å². The summed E-state index contributed by atoms with van der Waals surface area (Å²) in [5, 5.41) is 0. The number of aromatic amines is 1. The lowest BCUT2D eigenvalue weighted by molar-refractivity contribution is 0.722. The van der Waals surface area contributed by atoms with Crippen molar-refractivity contribution < 1.29 is 0 Å². The number of hydrogen-bond donors (Lipinski definition) is 1. The van der Waals surface area contributed by atoms with Crippen molar-refractivity contribution in [2.75, 3.05) is 0 Å². The van der Waals surface area contributed by atoms with E-state index in [1.165, 1.54) is 10.6 Å². The molecule has 0 aliphatic rings. The normalized spacial score (nSPS) is 10.1. The van der Waals surface area contributed by atoms with E-state index in [1.54, 1.807) is 6.20 Å². The van der Waals surface area contributed by atoms with Crippen molar-refractivity contribution in [3.05, 3.63) is 63.3 Å². The lowest BCUT2D eigenvalue weighted by Crippen LogP contribution is -2.20. The molecular weight excluding hydrogens is 208 g/mol. The maximum absolute atomic E-state index is 11.5. The first-order valence-corrected chi connectivity index (χ1v) is 5.00. The highest BCUT2D eigenvalue weighted by molar-refractivity contribution is 7.71. The monoisotopic (exact) mass is 218 g/mol. The largest absolute Gasteiger partial charge is 0.339 e. The van der Waals surface area contributed by atoms with Crippen molar-refractivity contribution in [1.82, 2.24) is 9.55 Å². The van der Waals surface area contributed by atoms with Gasteiger partial charge in [0.15, 0.2) is 4.77 Å². The Labute approximate surface area is 92.0 Å². The SMILES string of the molecule is O=c1cc[nH]c(=S)n1Cc1ccccc1. The second kappa shape index (κ2) is 4.23. The third-order valence-corrected chi connectivity index (χ3v) is 2.47. The Morgan fingerprint density at radius 2 is 1.93 bits per heavy atom.